The van der Waals surface area contributed by atoms with Gasteiger partial charge in [-0.25, -0.2) is 0 Å². The third kappa shape index (κ3) is 4.92. The molecule has 1 spiro atoms. The molecule has 0 radical (unpaired) electrons. The van der Waals surface area contributed by atoms with E-state index in [0.717, 1.165) is 61.6 Å². The Balaban J connectivity index is 1.53. The van der Waals surface area contributed by atoms with E-state index in [1.165, 1.54) is 0 Å². The van der Waals surface area contributed by atoms with E-state index in [2.05, 4.69) is 11.0 Å². The summed E-state index contributed by atoms with van der Waals surface area (Å²) in [6.45, 7) is 7.45. The highest BCUT2D eigenvalue weighted by molar-refractivity contribution is 6.00. The van der Waals surface area contributed by atoms with Crippen LogP contribution in [0.3, 0.4) is 0 Å². The average Bonchev–Trinajstić information content (AvgIpc) is 2.93. The molecule has 4 rings (SSSR count). The van der Waals surface area contributed by atoms with Gasteiger partial charge in [0.1, 0.15) is 0 Å². The van der Waals surface area contributed by atoms with Gasteiger partial charge in [-0.1, -0.05) is 24.3 Å². The molecule has 6 heteroatoms. The van der Waals surface area contributed by atoms with E-state index in [1.807, 2.05) is 61.2 Å². The number of hydrogen-bond acceptors (Lipinski definition) is 5. The van der Waals surface area contributed by atoms with Crippen LogP contribution >= 0.6 is 0 Å². The van der Waals surface area contributed by atoms with Crippen molar-refractivity contribution in [2.75, 3.05) is 38.3 Å². The van der Waals surface area contributed by atoms with Crippen molar-refractivity contribution in [1.29, 1.82) is 0 Å². The van der Waals surface area contributed by atoms with E-state index < -0.39 is 5.60 Å². The number of ether oxygens (including phenoxy) is 3. The molecule has 6 nitrogen and oxygen atoms in total. The third-order valence-electron chi connectivity index (χ3n) is 6.18. The van der Waals surface area contributed by atoms with Crippen molar-refractivity contribution in [2.45, 2.75) is 51.4 Å². The Hall–Kier alpha value is -2.57. The number of benzene rings is 2. The van der Waals surface area contributed by atoms with Crippen LogP contribution in [0.2, 0.25) is 0 Å². The van der Waals surface area contributed by atoms with Crippen LogP contribution in [-0.4, -0.2) is 55.9 Å². The summed E-state index contributed by atoms with van der Waals surface area (Å²) in [5.74, 6) is 1.58. The van der Waals surface area contributed by atoms with Gasteiger partial charge in [-0.3, -0.25) is 9.69 Å². The summed E-state index contributed by atoms with van der Waals surface area (Å²) in [6.07, 6.45) is 2.80. The van der Waals surface area contributed by atoms with Gasteiger partial charge in [-0.2, -0.15) is 0 Å². The maximum Gasteiger partial charge on any atom is 0.260 e. The van der Waals surface area contributed by atoms with E-state index in [-0.39, 0.29) is 12.0 Å². The summed E-state index contributed by atoms with van der Waals surface area (Å²) >= 11 is 0. The number of morpholine rings is 1. The van der Waals surface area contributed by atoms with Crippen molar-refractivity contribution in [2.24, 2.45) is 0 Å². The Bertz CT molecular complexity index is 917. The molecule has 1 unspecified atom stereocenters. The second-order valence-corrected chi connectivity index (χ2v) is 8.95. The van der Waals surface area contributed by atoms with Crippen molar-refractivity contribution in [1.82, 2.24) is 4.90 Å². The Morgan fingerprint density at radius 2 is 1.88 bits per heavy atom. The standard InChI is InChI=1S/C26H34N2O4/c1-20(2)32-24-17-21(11-12-23(24)30-3)18-27-15-16-31-26(19-27)13-7-8-14-28(25(26)29)22-9-5-4-6-10-22/h4-6,9-12,17,20H,7-8,13-16,18-19H2,1-3H3. The van der Waals surface area contributed by atoms with E-state index in [9.17, 15) is 4.79 Å². The first-order valence-electron chi connectivity index (χ1n) is 11.6. The zero-order valence-corrected chi connectivity index (χ0v) is 19.4. The van der Waals surface area contributed by atoms with Gasteiger partial charge in [0.25, 0.3) is 5.91 Å². The summed E-state index contributed by atoms with van der Waals surface area (Å²) < 4.78 is 17.7. The smallest absolute Gasteiger partial charge is 0.260 e. The minimum Gasteiger partial charge on any atom is -0.493 e. The van der Waals surface area contributed by atoms with Gasteiger partial charge in [-0.15, -0.1) is 0 Å². The quantitative estimate of drug-likeness (QED) is 0.674. The van der Waals surface area contributed by atoms with Crippen LogP contribution in [0.25, 0.3) is 0 Å². The van der Waals surface area contributed by atoms with Crippen molar-refractivity contribution in [3.8, 4) is 11.5 Å². The lowest BCUT2D eigenvalue weighted by molar-refractivity contribution is -0.158. The highest BCUT2D eigenvalue weighted by atomic mass is 16.5. The molecule has 0 saturated carbocycles. The monoisotopic (exact) mass is 438 g/mol. The first kappa shape index (κ1) is 22.6. The average molecular weight is 439 g/mol. The highest BCUT2D eigenvalue weighted by Crippen LogP contribution is 2.34. The first-order chi connectivity index (χ1) is 15.5. The van der Waals surface area contributed by atoms with Gasteiger partial charge >= 0.3 is 0 Å². The van der Waals surface area contributed by atoms with Crippen LogP contribution in [0.4, 0.5) is 5.69 Å². The van der Waals surface area contributed by atoms with Crippen LogP contribution < -0.4 is 14.4 Å². The SMILES string of the molecule is COc1ccc(CN2CCOC3(CCCCN(c4ccccc4)C3=O)C2)cc1OC(C)C. The zero-order chi connectivity index (χ0) is 22.6. The number of hydrogen-bond donors (Lipinski definition) is 0. The van der Waals surface area contributed by atoms with Gasteiger partial charge in [0.05, 0.1) is 19.8 Å². The molecule has 32 heavy (non-hydrogen) atoms. The topological polar surface area (TPSA) is 51.2 Å². The van der Waals surface area contributed by atoms with Gasteiger partial charge in [0, 0.05) is 31.9 Å². The molecular formula is C26H34N2O4. The fourth-order valence-corrected chi connectivity index (χ4v) is 4.68. The molecule has 0 bridgehead atoms. The third-order valence-corrected chi connectivity index (χ3v) is 6.18. The van der Waals surface area contributed by atoms with E-state index >= 15 is 0 Å². The number of para-hydroxylation sites is 1. The Kier molecular flexibility index (Phi) is 7.01. The molecule has 0 aliphatic carbocycles. The molecule has 0 N–H and O–H groups in total. The molecule has 0 aromatic heterocycles. The van der Waals surface area contributed by atoms with Crippen LogP contribution in [-0.2, 0) is 16.1 Å². The number of carbonyl (C=O) groups excluding carboxylic acids is 1. The van der Waals surface area contributed by atoms with Crippen LogP contribution in [0.15, 0.2) is 48.5 Å². The predicted octanol–water partition coefficient (Wildman–Crippen LogP) is 4.27. The summed E-state index contributed by atoms with van der Waals surface area (Å²) in [5, 5.41) is 0. The van der Waals surface area contributed by atoms with E-state index in [1.54, 1.807) is 7.11 Å². The lowest BCUT2D eigenvalue weighted by atomic mass is 9.93. The lowest BCUT2D eigenvalue weighted by Crippen LogP contribution is -2.59. The van der Waals surface area contributed by atoms with Crippen LogP contribution in [0, 0.1) is 0 Å². The minimum atomic E-state index is -0.783. The van der Waals surface area contributed by atoms with Crippen LogP contribution in [0.1, 0.15) is 38.7 Å². The van der Waals surface area contributed by atoms with Crippen molar-refractivity contribution in [3.05, 3.63) is 54.1 Å². The number of anilines is 1. The second-order valence-electron chi connectivity index (χ2n) is 8.95. The molecule has 2 aromatic rings. The Morgan fingerprint density at radius 1 is 1.06 bits per heavy atom. The van der Waals surface area contributed by atoms with Gasteiger partial charge < -0.3 is 19.1 Å². The lowest BCUT2D eigenvalue weighted by Gasteiger charge is -2.42. The molecule has 2 heterocycles. The minimum absolute atomic E-state index is 0.0679. The maximum absolute atomic E-state index is 13.7. The molecule has 2 aliphatic rings. The molecular weight excluding hydrogens is 404 g/mol. The Labute approximate surface area is 191 Å². The van der Waals surface area contributed by atoms with Gasteiger partial charge in [-0.05, 0) is 62.9 Å². The van der Waals surface area contributed by atoms with Gasteiger partial charge in [0.2, 0.25) is 0 Å². The fraction of sp³-hybridized carbons (Fsp3) is 0.500. The largest absolute Gasteiger partial charge is 0.493 e. The van der Waals surface area contributed by atoms with E-state index in [0.29, 0.717) is 13.2 Å². The molecule has 2 aromatic carbocycles. The molecule has 2 saturated heterocycles. The first-order valence-corrected chi connectivity index (χ1v) is 11.6. The molecule has 1 atom stereocenters. The summed E-state index contributed by atoms with van der Waals surface area (Å²) in [7, 11) is 1.66. The summed E-state index contributed by atoms with van der Waals surface area (Å²) in [4.78, 5) is 18.0. The maximum atomic E-state index is 13.7. The Morgan fingerprint density at radius 3 is 2.62 bits per heavy atom. The highest BCUT2D eigenvalue weighted by Gasteiger charge is 2.47. The zero-order valence-electron chi connectivity index (χ0n) is 19.4. The van der Waals surface area contributed by atoms with E-state index in [4.69, 9.17) is 14.2 Å². The second kappa shape index (κ2) is 9.92. The fourth-order valence-electron chi connectivity index (χ4n) is 4.68. The van der Waals surface area contributed by atoms with Gasteiger partial charge in [0.15, 0.2) is 17.1 Å². The molecule has 2 aliphatic heterocycles. The number of amides is 1. The molecule has 172 valence electrons. The number of methoxy groups -OCH3 is 1. The van der Waals surface area contributed by atoms with Crippen molar-refractivity contribution < 1.29 is 19.0 Å². The predicted molar refractivity (Wildman–Crippen MR) is 125 cm³/mol. The summed E-state index contributed by atoms with van der Waals surface area (Å²) in [6, 6.07) is 16.0. The molecule has 2 fully saturated rings. The van der Waals surface area contributed by atoms with Crippen molar-refractivity contribution >= 4 is 11.6 Å². The summed E-state index contributed by atoms with van der Waals surface area (Å²) in [5.41, 5.74) is 1.30. The number of rotatable bonds is 6. The number of nitrogens with zero attached hydrogens (tertiary/aromatic N) is 2. The normalized spacial score (nSPS) is 22.2. The number of carbonyl (C=O) groups is 1. The molecule has 1 amide bonds. The van der Waals surface area contributed by atoms with Crippen molar-refractivity contribution in [3.63, 3.8) is 0 Å². The van der Waals surface area contributed by atoms with Crippen LogP contribution in [0.5, 0.6) is 11.5 Å².